The van der Waals surface area contributed by atoms with Gasteiger partial charge in [0.25, 0.3) is 0 Å². The van der Waals surface area contributed by atoms with Crippen LogP contribution < -0.4 is 5.32 Å². The summed E-state index contributed by atoms with van der Waals surface area (Å²) in [6.45, 7) is 6.58. The lowest BCUT2D eigenvalue weighted by Crippen LogP contribution is -2.42. The number of phenolic OH excluding ortho intramolecular Hbond substituents is 1. The van der Waals surface area contributed by atoms with E-state index < -0.39 is 0 Å². The molecule has 0 atom stereocenters. The number of benzene rings is 1. The van der Waals surface area contributed by atoms with Crippen molar-refractivity contribution >= 4 is 15.9 Å². The van der Waals surface area contributed by atoms with Crippen molar-refractivity contribution in [2.24, 2.45) is 0 Å². The van der Waals surface area contributed by atoms with Gasteiger partial charge in [0, 0.05) is 18.2 Å². The largest absolute Gasteiger partial charge is 0.506 e. The molecule has 2 N–H and O–H groups in total. The number of hydrogen-bond acceptors (Lipinski definition) is 3. The van der Waals surface area contributed by atoms with Crippen molar-refractivity contribution in [1.29, 1.82) is 0 Å². The maximum Gasteiger partial charge on any atom is 0.134 e. The van der Waals surface area contributed by atoms with Gasteiger partial charge in [0.1, 0.15) is 5.75 Å². The van der Waals surface area contributed by atoms with Crippen LogP contribution in [0.2, 0.25) is 0 Å². The van der Waals surface area contributed by atoms with E-state index in [2.05, 4.69) is 33.1 Å². The highest BCUT2D eigenvalue weighted by Gasteiger charge is 2.18. The number of para-hydroxylation sites is 1. The minimum Gasteiger partial charge on any atom is -0.506 e. The van der Waals surface area contributed by atoms with Gasteiger partial charge in [-0.3, -0.25) is 0 Å². The molecule has 3 nitrogen and oxygen atoms in total. The summed E-state index contributed by atoms with van der Waals surface area (Å²) in [5, 5.41) is 13.5. The van der Waals surface area contributed by atoms with Crippen molar-refractivity contribution < 1.29 is 5.11 Å². The molecule has 0 aliphatic carbocycles. The van der Waals surface area contributed by atoms with Gasteiger partial charge in [-0.15, -0.1) is 0 Å². The highest BCUT2D eigenvalue weighted by molar-refractivity contribution is 9.10. The summed E-state index contributed by atoms with van der Waals surface area (Å²) in [6.07, 6.45) is 3.65. The highest BCUT2D eigenvalue weighted by Crippen LogP contribution is 2.27. The molecule has 1 saturated heterocycles. The summed E-state index contributed by atoms with van der Waals surface area (Å²) < 4.78 is 0.768. The van der Waals surface area contributed by atoms with Crippen molar-refractivity contribution in [3.63, 3.8) is 0 Å². The minimum absolute atomic E-state index is 0.360. The molecule has 0 bridgehead atoms. The standard InChI is InChI=1S/C15H23BrN2O/c1-2-8-18-9-6-13(7-10-18)17-11-12-4-3-5-14(16)15(12)19/h3-5,13,17,19H,2,6-11H2,1H3. The molecule has 19 heavy (non-hydrogen) atoms. The second kappa shape index (κ2) is 7.27. The molecule has 1 heterocycles. The Morgan fingerprint density at radius 2 is 2.11 bits per heavy atom. The van der Waals surface area contributed by atoms with E-state index in [1.54, 1.807) is 0 Å². The Bertz CT molecular complexity index is 403. The van der Waals surface area contributed by atoms with Crippen LogP contribution in [0, 0.1) is 0 Å². The van der Waals surface area contributed by atoms with Gasteiger partial charge >= 0.3 is 0 Å². The van der Waals surface area contributed by atoms with Crippen LogP contribution in [0.1, 0.15) is 31.7 Å². The Morgan fingerprint density at radius 3 is 2.79 bits per heavy atom. The quantitative estimate of drug-likeness (QED) is 0.872. The van der Waals surface area contributed by atoms with Gasteiger partial charge < -0.3 is 15.3 Å². The van der Waals surface area contributed by atoms with E-state index in [4.69, 9.17) is 0 Å². The third kappa shape index (κ3) is 4.20. The van der Waals surface area contributed by atoms with Crippen LogP contribution in [0.4, 0.5) is 0 Å². The molecule has 1 aliphatic heterocycles. The SMILES string of the molecule is CCCN1CCC(NCc2cccc(Br)c2O)CC1. The Balaban J connectivity index is 1.79. The van der Waals surface area contributed by atoms with E-state index >= 15 is 0 Å². The van der Waals surface area contributed by atoms with Crippen molar-refractivity contribution in [1.82, 2.24) is 10.2 Å². The van der Waals surface area contributed by atoms with Gasteiger partial charge in [-0.1, -0.05) is 19.1 Å². The number of halogens is 1. The number of hydrogen-bond donors (Lipinski definition) is 2. The fourth-order valence-electron chi connectivity index (χ4n) is 2.63. The lowest BCUT2D eigenvalue weighted by molar-refractivity contribution is 0.197. The lowest BCUT2D eigenvalue weighted by Gasteiger charge is -2.32. The predicted octanol–water partition coefficient (Wildman–Crippen LogP) is 3.12. The Kier molecular flexibility index (Phi) is 5.67. The van der Waals surface area contributed by atoms with Crippen LogP contribution in [0.3, 0.4) is 0 Å². The fraction of sp³-hybridized carbons (Fsp3) is 0.600. The second-order valence-electron chi connectivity index (χ2n) is 5.24. The number of piperidine rings is 1. The number of phenols is 1. The third-order valence-corrected chi connectivity index (χ3v) is 4.42. The molecule has 0 amide bonds. The summed E-state index contributed by atoms with van der Waals surface area (Å²) in [4.78, 5) is 2.54. The van der Waals surface area contributed by atoms with Crippen molar-refractivity contribution in [3.05, 3.63) is 28.2 Å². The number of rotatable bonds is 5. The first kappa shape index (κ1) is 14.8. The van der Waals surface area contributed by atoms with E-state index in [-0.39, 0.29) is 0 Å². The molecule has 0 saturated carbocycles. The molecule has 0 aromatic heterocycles. The van der Waals surface area contributed by atoms with Crippen LogP contribution >= 0.6 is 15.9 Å². The van der Waals surface area contributed by atoms with Gasteiger partial charge in [-0.2, -0.15) is 0 Å². The summed E-state index contributed by atoms with van der Waals surface area (Å²) >= 11 is 3.35. The normalized spacial score (nSPS) is 17.8. The van der Waals surface area contributed by atoms with Gasteiger partial charge in [0.15, 0.2) is 0 Å². The molecule has 0 unspecified atom stereocenters. The molecule has 0 radical (unpaired) electrons. The Hall–Kier alpha value is -0.580. The molecule has 1 aliphatic rings. The molecule has 0 spiro atoms. The highest BCUT2D eigenvalue weighted by atomic mass is 79.9. The first-order valence-corrected chi connectivity index (χ1v) is 7.92. The minimum atomic E-state index is 0.360. The van der Waals surface area contributed by atoms with Crippen LogP contribution in [0.25, 0.3) is 0 Å². The monoisotopic (exact) mass is 326 g/mol. The number of nitrogens with zero attached hydrogens (tertiary/aromatic N) is 1. The summed E-state index contributed by atoms with van der Waals surface area (Å²) in [7, 11) is 0. The van der Waals surface area contributed by atoms with E-state index in [0.29, 0.717) is 11.8 Å². The smallest absolute Gasteiger partial charge is 0.134 e. The molecular weight excluding hydrogens is 304 g/mol. The third-order valence-electron chi connectivity index (χ3n) is 3.78. The average molecular weight is 327 g/mol. The second-order valence-corrected chi connectivity index (χ2v) is 6.10. The van der Waals surface area contributed by atoms with Crippen LogP contribution in [-0.4, -0.2) is 35.7 Å². The number of aromatic hydroxyl groups is 1. The first-order chi connectivity index (χ1) is 9.20. The maximum absolute atomic E-state index is 9.94. The van der Waals surface area contributed by atoms with E-state index in [9.17, 15) is 5.11 Å². The zero-order valence-corrected chi connectivity index (χ0v) is 13.1. The van der Waals surface area contributed by atoms with Crippen molar-refractivity contribution in [2.45, 2.75) is 38.8 Å². The topological polar surface area (TPSA) is 35.5 Å². The molecule has 4 heteroatoms. The molecule has 1 fully saturated rings. The van der Waals surface area contributed by atoms with E-state index in [0.717, 1.165) is 16.6 Å². The van der Waals surface area contributed by atoms with Gasteiger partial charge in [0.2, 0.25) is 0 Å². The molecule has 1 aromatic carbocycles. The maximum atomic E-state index is 9.94. The summed E-state index contributed by atoms with van der Waals surface area (Å²) in [5.74, 6) is 0.360. The predicted molar refractivity (Wildman–Crippen MR) is 82.4 cm³/mol. The van der Waals surface area contributed by atoms with Gasteiger partial charge in [0.05, 0.1) is 4.47 Å². The lowest BCUT2D eigenvalue weighted by atomic mass is 10.0. The first-order valence-electron chi connectivity index (χ1n) is 7.12. The van der Waals surface area contributed by atoms with E-state index in [1.807, 2.05) is 18.2 Å². The van der Waals surface area contributed by atoms with Crippen LogP contribution in [0.15, 0.2) is 22.7 Å². The van der Waals surface area contributed by atoms with Gasteiger partial charge in [-0.25, -0.2) is 0 Å². The van der Waals surface area contributed by atoms with Gasteiger partial charge in [-0.05, 0) is 60.9 Å². The fourth-order valence-corrected chi connectivity index (χ4v) is 3.04. The van der Waals surface area contributed by atoms with Crippen LogP contribution in [0.5, 0.6) is 5.75 Å². The molecular formula is C15H23BrN2O. The Morgan fingerprint density at radius 1 is 1.37 bits per heavy atom. The summed E-state index contributed by atoms with van der Waals surface area (Å²) in [6, 6.07) is 6.37. The van der Waals surface area contributed by atoms with Crippen molar-refractivity contribution in [2.75, 3.05) is 19.6 Å². The molecule has 1 aromatic rings. The Labute approximate surface area is 124 Å². The zero-order valence-electron chi connectivity index (χ0n) is 11.5. The molecule has 2 rings (SSSR count). The number of nitrogens with one attached hydrogen (secondary N) is 1. The number of likely N-dealkylation sites (tertiary alicyclic amines) is 1. The summed E-state index contributed by atoms with van der Waals surface area (Å²) in [5.41, 5.74) is 0.963. The zero-order chi connectivity index (χ0) is 13.7. The van der Waals surface area contributed by atoms with E-state index in [1.165, 1.54) is 38.9 Å². The molecule has 106 valence electrons. The average Bonchev–Trinajstić information content (AvgIpc) is 2.42. The van der Waals surface area contributed by atoms with Crippen molar-refractivity contribution in [3.8, 4) is 5.75 Å². The van der Waals surface area contributed by atoms with Crippen LogP contribution in [-0.2, 0) is 6.54 Å².